The molecular formula is C20H23NO5S. The molecular weight excluding hydrogens is 366 g/mol. The number of nitrogens with one attached hydrogen (secondary N) is 1. The minimum Gasteiger partial charge on any atom is -0.496 e. The lowest BCUT2D eigenvalue weighted by molar-refractivity contribution is -0.146. The lowest BCUT2D eigenvalue weighted by Crippen LogP contribution is -2.23. The average Bonchev–Trinajstić information content (AvgIpc) is 3.44. The van der Waals surface area contributed by atoms with Crippen LogP contribution in [0.4, 0.5) is 5.69 Å². The highest BCUT2D eigenvalue weighted by atomic mass is 32.2. The van der Waals surface area contributed by atoms with E-state index in [1.165, 1.54) is 6.07 Å². The van der Waals surface area contributed by atoms with Gasteiger partial charge in [-0.1, -0.05) is 12.1 Å². The molecule has 2 aromatic carbocycles. The molecule has 0 saturated heterocycles. The fourth-order valence-corrected chi connectivity index (χ4v) is 4.24. The van der Waals surface area contributed by atoms with Gasteiger partial charge in [-0.2, -0.15) is 0 Å². The molecule has 0 amide bonds. The van der Waals surface area contributed by atoms with Gasteiger partial charge in [-0.05, 0) is 68.1 Å². The summed E-state index contributed by atoms with van der Waals surface area (Å²) in [5.41, 5.74) is 1.46. The summed E-state index contributed by atoms with van der Waals surface area (Å²) in [5, 5.41) is 0. The molecule has 0 spiro atoms. The highest BCUT2D eigenvalue weighted by molar-refractivity contribution is 7.92. The summed E-state index contributed by atoms with van der Waals surface area (Å²) >= 11 is 0. The zero-order valence-electron chi connectivity index (χ0n) is 15.6. The van der Waals surface area contributed by atoms with E-state index in [1.807, 2.05) is 0 Å². The van der Waals surface area contributed by atoms with E-state index in [0.29, 0.717) is 18.0 Å². The normalized spacial score (nSPS) is 15.1. The molecule has 1 fully saturated rings. The highest BCUT2D eigenvalue weighted by Crippen LogP contribution is 2.49. The number of hydrogen-bond donors (Lipinski definition) is 1. The van der Waals surface area contributed by atoms with Crippen LogP contribution in [0.5, 0.6) is 5.75 Å². The van der Waals surface area contributed by atoms with Crippen molar-refractivity contribution in [3.05, 3.63) is 53.6 Å². The maximum atomic E-state index is 12.6. The number of ether oxygens (including phenoxy) is 2. The van der Waals surface area contributed by atoms with Crippen LogP contribution in [0.15, 0.2) is 47.4 Å². The maximum Gasteiger partial charge on any atom is 0.316 e. The number of aryl methyl sites for hydroxylation is 1. The Morgan fingerprint density at radius 2 is 1.81 bits per heavy atom. The molecule has 7 heteroatoms. The third-order valence-corrected chi connectivity index (χ3v) is 6.16. The predicted molar refractivity (Wildman–Crippen MR) is 103 cm³/mol. The van der Waals surface area contributed by atoms with Crippen LogP contribution in [0.25, 0.3) is 0 Å². The standard InChI is InChI=1S/C20H23NO5S/c1-4-26-19(22)20(11-12-20)15-5-7-16(8-6-15)21-27(23,24)17-9-10-18(25-3)14(2)13-17/h5-10,13,21H,4,11-12H2,1-3H3. The van der Waals surface area contributed by atoms with Gasteiger partial charge in [-0.3, -0.25) is 9.52 Å². The number of sulfonamides is 1. The van der Waals surface area contributed by atoms with Crippen molar-refractivity contribution in [3.8, 4) is 5.75 Å². The minimum absolute atomic E-state index is 0.162. The van der Waals surface area contributed by atoms with Crippen LogP contribution in [0, 0.1) is 6.92 Å². The van der Waals surface area contributed by atoms with Crippen molar-refractivity contribution < 1.29 is 22.7 Å². The van der Waals surface area contributed by atoms with Crippen molar-refractivity contribution in [2.75, 3.05) is 18.4 Å². The predicted octanol–water partition coefficient (Wildman–Crippen LogP) is 3.40. The first kappa shape index (κ1) is 19.2. The van der Waals surface area contributed by atoms with Crippen LogP contribution < -0.4 is 9.46 Å². The fourth-order valence-electron chi connectivity index (χ4n) is 3.09. The molecule has 1 aliphatic carbocycles. The molecule has 0 aliphatic heterocycles. The molecule has 3 rings (SSSR count). The molecule has 144 valence electrons. The van der Waals surface area contributed by atoms with E-state index < -0.39 is 15.4 Å². The lowest BCUT2D eigenvalue weighted by atomic mass is 9.96. The second kappa shape index (κ2) is 7.23. The van der Waals surface area contributed by atoms with Crippen LogP contribution in [-0.4, -0.2) is 28.1 Å². The third-order valence-electron chi connectivity index (χ3n) is 4.78. The Kier molecular flexibility index (Phi) is 5.15. The van der Waals surface area contributed by atoms with E-state index in [4.69, 9.17) is 9.47 Å². The SMILES string of the molecule is CCOC(=O)C1(c2ccc(NS(=O)(=O)c3ccc(OC)c(C)c3)cc2)CC1. The topological polar surface area (TPSA) is 81.7 Å². The van der Waals surface area contributed by atoms with E-state index >= 15 is 0 Å². The Morgan fingerprint density at radius 1 is 1.15 bits per heavy atom. The number of benzene rings is 2. The van der Waals surface area contributed by atoms with E-state index in [9.17, 15) is 13.2 Å². The van der Waals surface area contributed by atoms with E-state index in [2.05, 4.69) is 4.72 Å². The van der Waals surface area contributed by atoms with Gasteiger partial charge in [0.05, 0.1) is 24.0 Å². The van der Waals surface area contributed by atoms with Crippen molar-refractivity contribution in [2.24, 2.45) is 0 Å². The molecule has 1 saturated carbocycles. The molecule has 6 nitrogen and oxygen atoms in total. The highest BCUT2D eigenvalue weighted by Gasteiger charge is 2.52. The van der Waals surface area contributed by atoms with Crippen LogP contribution in [0.2, 0.25) is 0 Å². The summed E-state index contributed by atoms with van der Waals surface area (Å²) in [4.78, 5) is 12.3. The van der Waals surface area contributed by atoms with Crippen molar-refractivity contribution in [1.29, 1.82) is 0 Å². The molecule has 1 N–H and O–H groups in total. The molecule has 2 aromatic rings. The van der Waals surface area contributed by atoms with Gasteiger partial charge in [-0.15, -0.1) is 0 Å². The zero-order chi connectivity index (χ0) is 19.7. The summed E-state index contributed by atoms with van der Waals surface area (Å²) < 4.78 is 38.1. The Hall–Kier alpha value is -2.54. The number of carbonyl (C=O) groups excluding carboxylic acids is 1. The third kappa shape index (κ3) is 3.78. The van der Waals surface area contributed by atoms with Crippen molar-refractivity contribution in [3.63, 3.8) is 0 Å². The summed E-state index contributed by atoms with van der Waals surface area (Å²) in [6.45, 7) is 3.92. The van der Waals surface area contributed by atoms with Crippen molar-refractivity contribution >= 4 is 21.7 Å². The van der Waals surface area contributed by atoms with Gasteiger partial charge in [0.2, 0.25) is 0 Å². The van der Waals surface area contributed by atoms with Crippen LogP contribution in [0.3, 0.4) is 0 Å². The van der Waals surface area contributed by atoms with Gasteiger partial charge in [0.15, 0.2) is 0 Å². The monoisotopic (exact) mass is 389 g/mol. The molecule has 0 aromatic heterocycles. The summed E-state index contributed by atoms with van der Waals surface area (Å²) in [7, 11) is -2.17. The Morgan fingerprint density at radius 3 is 2.33 bits per heavy atom. The Bertz CT molecular complexity index is 947. The van der Waals surface area contributed by atoms with E-state index in [0.717, 1.165) is 24.0 Å². The van der Waals surface area contributed by atoms with E-state index in [1.54, 1.807) is 57.4 Å². The maximum absolute atomic E-state index is 12.6. The lowest BCUT2D eigenvalue weighted by Gasteiger charge is -2.15. The molecule has 0 radical (unpaired) electrons. The van der Waals surface area contributed by atoms with Gasteiger partial charge < -0.3 is 9.47 Å². The number of hydrogen-bond acceptors (Lipinski definition) is 5. The van der Waals surface area contributed by atoms with Crippen LogP contribution in [0.1, 0.15) is 30.9 Å². The summed E-state index contributed by atoms with van der Waals surface area (Å²) in [6, 6.07) is 11.6. The van der Waals surface area contributed by atoms with Crippen LogP contribution in [-0.2, 0) is 25.0 Å². The quantitative estimate of drug-likeness (QED) is 0.734. The number of esters is 1. The van der Waals surface area contributed by atoms with Gasteiger partial charge in [0, 0.05) is 5.69 Å². The number of rotatable bonds is 7. The molecule has 27 heavy (non-hydrogen) atoms. The average molecular weight is 389 g/mol. The summed E-state index contributed by atoms with van der Waals surface area (Å²) in [5.74, 6) is 0.416. The largest absolute Gasteiger partial charge is 0.496 e. The number of methoxy groups -OCH3 is 1. The Labute approximate surface area is 159 Å². The molecule has 0 bridgehead atoms. The summed E-state index contributed by atoms with van der Waals surface area (Å²) in [6.07, 6.45) is 1.50. The second-order valence-electron chi connectivity index (χ2n) is 6.62. The second-order valence-corrected chi connectivity index (χ2v) is 8.30. The fraction of sp³-hybridized carbons (Fsp3) is 0.350. The molecule has 0 heterocycles. The molecule has 1 aliphatic rings. The van der Waals surface area contributed by atoms with Crippen molar-refractivity contribution in [2.45, 2.75) is 37.0 Å². The first-order valence-corrected chi connectivity index (χ1v) is 10.3. The van der Waals surface area contributed by atoms with E-state index in [-0.39, 0.29) is 10.9 Å². The van der Waals surface area contributed by atoms with Gasteiger partial charge in [-0.25, -0.2) is 8.42 Å². The first-order valence-electron chi connectivity index (χ1n) is 8.77. The number of carbonyl (C=O) groups is 1. The molecule has 0 unspecified atom stereocenters. The van der Waals surface area contributed by atoms with Gasteiger partial charge in [0.25, 0.3) is 10.0 Å². The smallest absolute Gasteiger partial charge is 0.316 e. The van der Waals surface area contributed by atoms with Crippen molar-refractivity contribution in [1.82, 2.24) is 0 Å². The van der Waals surface area contributed by atoms with Crippen LogP contribution >= 0.6 is 0 Å². The Balaban J connectivity index is 1.78. The zero-order valence-corrected chi connectivity index (χ0v) is 16.4. The number of anilines is 1. The minimum atomic E-state index is -3.72. The molecule has 0 atom stereocenters. The van der Waals surface area contributed by atoms with Gasteiger partial charge >= 0.3 is 5.97 Å². The first-order chi connectivity index (χ1) is 12.8. The van der Waals surface area contributed by atoms with Gasteiger partial charge in [0.1, 0.15) is 5.75 Å².